The lowest BCUT2D eigenvalue weighted by Gasteiger charge is -2.37. The topological polar surface area (TPSA) is 424 Å². The Morgan fingerprint density at radius 1 is 0.468 bits per heavy atom. The Bertz CT molecular complexity index is 5700. The van der Waals surface area contributed by atoms with E-state index >= 15 is 0 Å². The van der Waals surface area contributed by atoms with E-state index in [4.69, 9.17) is 4.74 Å². The van der Waals surface area contributed by atoms with E-state index in [-0.39, 0.29) is 151 Å². The third-order valence-electron chi connectivity index (χ3n) is 27.2. The van der Waals surface area contributed by atoms with Gasteiger partial charge in [0.05, 0.1) is 43.0 Å². The SMILES string of the molecule is CC[C@@H](C)Nc1cc(C)c(-c2sc(C(=O)N3CC(S(C)(=O)=O)C3)nc2C(=O)N2CCC[C@@H]2C)cn1.CC[C@@H](C)Nc1cc(C)c(-c2sc(C(=O)NC3CCOCC3)nc2C(=O)N2CCC[C@@H]2C)cn1.CC[C@@H](C)Nc1cc(C)c(-c2sc(C(=O)N[C@H]3CC[C@H](O)C3)nc2C(=O)N2CCC[C@@H]2C)cn1.C[C@H]1CCCN1C(=O)c1nc(C(=O)N[C@@H]2CCC[C@H]2O)sc1-c1cnc(NC(C)(C)C)cc1C(F)F. The van der Waals surface area contributed by atoms with E-state index in [1.54, 1.807) is 23.5 Å². The maximum atomic E-state index is 14.2. The highest BCUT2D eigenvalue weighted by molar-refractivity contribution is 7.91. The Hall–Kier alpha value is -10.2. The van der Waals surface area contributed by atoms with Crippen LogP contribution in [0.25, 0.3) is 41.8 Å². The minimum Gasteiger partial charge on any atom is -0.393 e. The standard InChI is InChI=1S/C25H33F2N5O3S.2C25H35N5O3S.C24H33N5O4S2/c1-13-7-6-10-32(13)24(35)19-20(36-23(30-19)22(34)29-16-8-5-9-17(16)33)15-12-28-18(31-25(2,3)4)11-14(15)21(26)27;1-5-16(3)27-20-13-15(2)19(14-26-20)22-21(25(32)30-10-6-7-17(30)4)29-24(34-22)23(31)28-18-8-11-33-12-9-18;1-5-15(3)27-20-11-14(2)19(13-26-20)22-21(25(33)30-10-6-7-16(30)4)29-24(34-22)23(32)28-17-8-9-18(31)12-17;1-6-15(3)26-19-10-14(2)18(11-25-19)21-20(23(30)29-9-7-8-16(29)4)27-22(34-21)24(31)28-12-17(13-28)35(5,32)33/h11-13,16-17,21,33H,5-10H2,1-4H3,(H,28,31)(H,29,34);13-14,16-18H,5-12H2,1-4H3,(H,26,27)(H,28,31);11,13,15-18,31H,5-10,12H2,1-4H3,(H,26,27)(H,28,32);10-11,15-17H,6-9,12-13H2,1-5H3,(H,25,26)/t13-,16+,17+;16-,17+;15-,16+,17+,18+;15-,16+/m0111/s1. The first kappa shape index (κ1) is 106. The predicted molar refractivity (Wildman–Crippen MR) is 541 cm³/mol. The second kappa shape index (κ2) is 46.7. The predicted octanol–water partition coefficient (Wildman–Crippen LogP) is 16.1. The summed E-state index contributed by atoms with van der Waals surface area (Å²) in [5.41, 5.74) is 5.63. The lowest BCUT2D eigenvalue weighted by Crippen LogP contribution is -2.56. The normalized spacial score (nSPS) is 21.2. The molecular formula is C99H136F2N20O13S5. The molecule has 139 heavy (non-hydrogen) atoms. The fourth-order valence-corrected chi connectivity index (χ4v) is 23.3. The largest absolute Gasteiger partial charge is 0.393 e. The molecule has 0 aromatic carbocycles. The fourth-order valence-electron chi connectivity index (χ4n) is 18.2. The number of aromatic nitrogens is 8. The number of nitrogens with zero attached hydrogens (tertiary/aromatic N) is 13. The van der Waals surface area contributed by atoms with Gasteiger partial charge in [0.25, 0.3) is 53.7 Å². The number of anilines is 4. The third-order valence-corrected chi connectivity index (χ3v) is 33.0. The highest BCUT2D eigenvalue weighted by Crippen LogP contribution is 2.44. The Morgan fingerprint density at radius 3 is 1.16 bits per heavy atom. The molecule has 6 saturated heterocycles. The van der Waals surface area contributed by atoms with Crippen LogP contribution in [0.3, 0.4) is 0 Å². The van der Waals surface area contributed by atoms with Gasteiger partial charge in [0.2, 0.25) is 0 Å². The molecule has 33 nitrogen and oxygen atoms in total. The first-order valence-corrected chi connectivity index (χ1v) is 54.2. The van der Waals surface area contributed by atoms with Gasteiger partial charge in [-0.05, 0) is 253 Å². The monoisotopic (exact) mass is 2010 g/mol. The highest BCUT2D eigenvalue weighted by Gasteiger charge is 2.43. The van der Waals surface area contributed by atoms with Gasteiger partial charge in [0.15, 0.2) is 29.9 Å². The molecule has 8 aliphatic rings. The average molecular weight is 2010 g/mol. The molecule has 0 radical (unpaired) electrons. The van der Waals surface area contributed by atoms with Crippen molar-refractivity contribution in [3.05, 3.63) is 114 Å². The van der Waals surface area contributed by atoms with Crippen molar-refractivity contribution in [1.29, 1.82) is 0 Å². The summed E-state index contributed by atoms with van der Waals surface area (Å²) >= 11 is 4.58. The average Bonchev–Trinajstić information content (AvgIpc) is 1.64. The number of amides is 8. The van der Waals surface area contributed by atoms with Gasteiger partial charge in [-0.15, -0.1) is 45.3 Å². The van der Waals surface area contributed by atoms with E-state index in [1.165, 1.54) is 57.4 Å². The molecule has 0 bridgehead atoms. The van der Waals surface area contributed by atoms with Crippen molar-refractivity contribution in [2.75, 3.05) is 80.0 Å². The maximum absolute atomic E-state index is 14.2. The van der Waals surface area contributed by atoms with Crippen molar-refractivity contribution in [3.63, 3.8) is 0 Å². The number of aryl methyl sites for hydroxylation is 3. The van der Waals surface area contributed by atoms with Crippen LogP contribution in [0.15, 0.2) is 49.1 Å². The summed E-state index contributed by atoms with van der Waals surface area (Å²) in [5.74, 6) is 0.445. The minimum atomic E-state index is -3.20. The number of hydrogen-bond acceptors (Lipinski definition) is 29. The van der Waals surface area contributed by atoms with Crippen molar-refractivity contribution in [3.8, 4) is 41.8 Å². The number of likely N-dealkylation sites (tertiary alicyclic amines) is 5. The van der Waals surface area contributed by atoms with Crippen molar-refractivity contribution in [2.24, 2.45) is 0 Å². The van der Waals surface area contributed by atoms with E-state index in [0.29, 0.717) is 107 Å². The van der Waals surface area contributed by atoms with Crippen molar-refractivity contribution in [2.45, 2.75) is 323 Å². The van der Waals surface area contributed by atoms with E-state index in [0.717, 1.165) is 165 Å². The van der Waals surface area contributed by atoms with Crippen LogP contribution in [0.2, 0.25) is 0 Å². The van der Waals surface area contributed by atoms with E-state index in [1.807, 2.05) is 88.3 Å². The zero-order chi connectivity index (χ0) is 100. The fraction of sp³-hybridized carbons (Fsp3) is 0.596. The van der Waals surface area contributed by atoms with Crippen molar-refractivity contribution in [1.82, 2.24) is 80.3 Å². The first-order valence-electron chi connectivity index (χ1n) is 49.0. The van der Waals surface area contributed by atoms with Gasteiger partial charge in [0, 0.05) is 171 Å². The molecule has 754 valence electrons. The molecule has 2 saturated carbocycles. The van der Waals surface area contributed by atoms with Crippen LogP contribution < -0.4 is 37.2 Å². The second-order valence-corrected chi connectivity index (χ2v) is 45.7. The number of thiazole rings is 4. The van der Waals surface area contributed by atoms with Crippen LogP contribution in [0, 0.1) is 20.8 Å². The number of halogens is 2. The Balaban J connectivity index is 0.000000156. The number of alkyl halides is 2. The molecule has 0 unspecified atom stereocenters. The molecule has 8 amide bonds. The molecule has 9 N–H and O–H groups in total. The second-order valence-electron chi connectivity index (χ2n) is 39.3. The van der Waals surface area contributed by atoms with Gasteiger partial charge in [-0.25, -0.2) is 57.1 Å². The zero-order valence-corrected chi connectivity index (χ0v) is 86.9. The van der Waals surface area contributed by atoms with Crippen LogP contribution >= 0.6 is 45.3 Å². The molecule has 8 fully saturated rings. The van der Waals surface area contributed by atoms with Crippen LogP contribution in [-0.4, -0.2) is 272 Å². The molecule has 0 spiro atoms. The zero-order valence-electron chi connectivity index (χ0n) is 82.8. The van der Waals surface area contributed by atoms with Gasteiger partial charge >= 0.3 is 0 Å². The van der Waals surface area contributed by atoms with Gasteiger partial charge in [-0.2, -0.15) is 0 Å². The Kier molecular flexibility index (Phi) is 35.6. The third kappa shape index (κ3) is 26.2. The number of carbonyl (C=O) groups excluding carboxylic acids is 8. The van der Waals surface area contributed by atoms with Gasteiger partial charge in [0.1, 0.15) is 46.0 Å². The summed E-state index contributed by atoms with van der Waals surface area (Å²) in [6.07, 6.45) is 20.0. The number of rotatable bonds is 27. The number of hydrogen-bond donors (Lipinski definition) is 9. The summed E-state index contributed by atoms with van der Waals surface area (Å²) in [6, 6.07) is 8.13. The van der Waals surface area contributed by atoms with Crippen LogP contribution in [0.4, 0.5) is 32.1 Å². The minimum absolute atomic E-state index is 0.00332. The molecule has 8 aromatic heterocycles. The van der Waals surface area contributed by atoms with Crippen LogP contribution in [-0.2, 0) is 14.6 Å². The van der Waals surface area contributed by atoms with Crippen molar-refractivity contribution < 1.29 is 70.5 Å². The number of carbonyl (C=O) groups is 8. The molecule has 11 atom stereocenters. The number of aliphatic hydroxyl groups is 2. The summed E-state index contributed by atoms with van der Waals surface area (Å²) in [4.78, 5) is 153. The Morgan fingerprint density at radius 2 is 0.827 bits per heavy atom. The molecule has 8 aromatic rings. The molecule has 40 heteroatoms. The number of pyridine rings is 4. The smallest absolute Gasteiger partial charge is 0.282 e. The maximum Gasteiger partial charge on any atom is 0.282 e. The summed E-state index contributed by atoms with van der Waals surface area (Å²) in [6.45, 7) is 36.6. The van der Waals surface area contributed by atoms with E-state index in [9.17, 15) is 65.8 Å². The number of aliphatic hydroxyl groups excluding tert-OH is 2. The molecule has 14 heterocycles. The molecular weight excluding hydrogens is 1880 g/mol. The molecule has 2 aliphatic carbocycles. The van der Waals surface area contributed by atoms with Crippen LogP contribution in [0.1, 0.15) is 322 Å². The number of ether oxygens (including phenoxy) is 1. The number of sulfone groups is 1. The lowest BCUT2D eigenvalue weighted by molar-refractivity contribution is 0.0655. The van der Waals surface area contributed by atoms with E-state index < -0.39 is 39.6 Å². The Labute approximate surface area is 829 Å². The van der Waals surface area contributed by atoms with Crippen molar-refractivity contribution >= 4 is 126 Å². The van der Waals surface area contributed by atoms with Crippen LogP contribution in [0.5, 0.6) is 0 Å². The summed E-state index contributed by atoms with van der Waals surface area (Å²) in [5, 5.41) is 42.2. The van der Waals surface area contributed by atoms with Gasteiger partial charge in [-0.1, -0.05) is 20.8 Å². The lowest BCUT2D eigenvalue weighted by atomic mass is 10.1. The summed E-state index contributed by atoms with van der Waals surface area (Å²) in [7, 11) is -3.20. The molecule has 6 aliphatic heterocycles. The summed E-state index contributed by atoms with van der Waals surface area (Å²) < 4.78 is 57.4. The van der Waals surface area contributed by atoms with Gasteiger partial charge < -0.3 is 76.7 Å². The van der Waals surface area contributed by atoms with Gasteiger partial charge in [-0.3, -0.25) is 38.4 Å². The molecule has 16 rings (SSSR count). The number of nitrogens with one attached hydrogen (secondary N) is 7. The quantitative estimate of drug-likeness (QED) is 0.0231. The van der Waals surface area contributed by atoms with E-state index in [2.05, 4.69) is 132 Å². The highest BCUT2D eigenvalue weighted by atomic mass is 32.2. The first-order chi connectivity index (χ1) is 66.1.